The maximum Gasteiger partial charge on any atom is 0.213 e. The minimum Gasteiger partial charge on any atom is -0.490 e. The van der Waals surface area contributed by atoms with Crippen LogP contribution in [0.3, 0.4) is 0 Å². The lowest BCUT2D eigenvalue weighted by Crippen LogP contribution is -2.65. The van der Waals surface area contributed by atoms with E-state index in [0.29, 0.717) is 23.0 Å². The summed E-state index contributed by atoms with van der Waals surface area (Å²) in [6, 6.07) is 13.5. The summed E-state index contributed by atoms with van der Waals surface area (Å²) in [6.45, 7) is 5.40. The lowest BCUT2D eigenvalue weighted by atomic mass is 9.61. The second-order valence-electron chi connectivity index (χ2n) is 11.1. The summed E-state index contributed by atoms with van der Waals surface area (Å²) in [7, 11) is 1.60. The van der Waals surface area contributed by atoms with Crippen LogP contribution >= 0.6 is 0 Å². The Kier molecular flexibility index (Phi) is 6.03. The Bertz CT molecular complexity index is 1520. The number of hydrogen-bond acceptors (Lipinski definition) is 9. The molecule has 0 amide bonds. The first kappa shape index (κ1) is 24.9. The van der Waals surface area contributed by atoms with E-state index in [1.165, 1.54) is 0 Å². The number of pyridine rings is 3. The average molecular weight is 527 g/mol. The Morgan fingerprint density at radius 1 is 1.05 bits per heavy atom. The highest BCUT2D eigenvalue weighted by Crippen LogP contribution is 2.50. The van der Waals surface area contributed by atoms with Gasteiger partial charge in [-0.25, -0.2) is 15.0 Å². The molecule has 4 aromatic heterocycles. The molecule has 0 radical (unpaired) electrons. The summed E-state index contributed by atoms with van der Waals surface area (Å²) in [6.07, 6.45) is 7.30. The van der Waals surface area contributed by atoms with E-state index >= 15 is 0 Å². The number of methoxy groups -OCH3 is 1. The summed E-state index contributed by atoms with van der Waals surface area (Å²) >= 11 is 0. The Balaban J connectivity index is 1.13. The molecule has 5 heterocycles. The van der Waals surface area contributed by atoms with Crippen molar-refractivity contribution in [3.05, 3.63) is 60.7 Å². The van der Waals surface area contributed by atoms with Gasteiger partial charge in [-0.15, -0.1) is 0 Å². The van der Waals surface area contributed by atoms with Gasteiger partial charge in [0, 0.05) is 48.5 Å². The van der Waals surface area contributed by atoms with Crippen LogP contribution in [0.25, 0.3) is 16.9 Å². The van der Waals surface area contributed by atoms with Gasteiger partial charge in [0.05, 0.1) is 30.8 Å². The highest BCUT2D eigenvalue weighted by atomic mass is 16.5. The van der Waals surface area contributed by atoms with Crippen molar-refractivity contribution in [2.24, 2.45) is 5.41 Å². The molecule has 1 saturated carbocycles. The van der Waals surface area contributed by atoms with E-state index in [1.807, 2.05) is 36.5 Å². The topological polar surface area (TPSA) is 118 Å². The predicted molar refractivity (Wildman–Crippen MR) is 144 cm³/mol. The van der Waals surface area contributed by atoms with Crippen molar-refractivity contribution in [2.75, 3.05) is 31.7 Å². The van der Waals surface area contributed by atoms with Gasteiger partial charge in [-0.05, 0) is 44.9 Å². The lowest BCUT2D eigenvalue weighted by Gasteiger charge is -2.58. The second-order valence-corrected chi connectivity index (χ2v) is 11.1. The summed E-state index contributed by atoms with van der Waals surface area (Å²) in [4.78, 5) is 15.6. The third-order valence-corrected chi connectivity index (χ3v) is 7.25. The number of rotatable bonds is 8. The minimum atomic E-state index is -0.975. The molecule has 0 aromatic carbocycles. The molecular weight excluding hydrogens is 496 g/mol. The van der Waals surface area contributed by atoms with Crippen LogP contribution < -0.4 is 19.1 Å². The van der Waals surface area contributed by atoms with Crippen molar-refractivity contribution in [2.45, 2.75) is 38.4 Å². The van der Waals surface area contributed by atoms with Gasteiger partial charge in [0.15, 0.2) is 0 Å². The fourth-order valence-electron chi connectivity index (χ4n) is 5.37. The van der Waals surface area contributed by atoms with Gasteiger partial charge in [-0.2, -0.15) is 5.26 Å². The van der Waals surface area contributed by atoms with E-state index in [2.05, 4.69) is 20.9 Å². The fourth-order valence-corrected chi connectivity index (χ4v) is 5.37. The largest absolute Gasteiger partial charge is 0.490 e. The van der Waals surface area contributed by atoms with Gasteiger partial charge in [-0.3, -0.25) is 4.40 Å². The zero-order chi connectivity index (χ0) is 27.2. The molecule has 2 fully saturated rings. The molecule has 1 spiro atoms. The molecule has 39 heavy (non-hydrogen) atoms. The average Bonchev–Trinajstić information content (AvgIpc) is 3.31. The second kappa shape index (κ2) is 9.43. The molecule has 200 valence electrons. The first-order valence-corrected chi connectivity index (χ1v) is 12.9. The number of nitrogens with zero attached hydrogens (tertiary/aromatic N) is 6. The monoisotopic (exact) mass is 526 g/mol. The highest BCUT2D eigenvalue weighted by Gasteiger charge is 2.53. The van der Waals surface area contributed by atoms with Crippen LogP contribution in [0.1, 0.15) is 32.4 Å². The van der Waals surface area contributed by atoms with E-state index < -0.39 is 5.60 Å². The molecule has 0 unspecified atom stereocenters. The van der Waals surface area contributed by atoms with E-state index in [9.17, 15) is 10.4 Å². The van der Waals surface area contributed by atoms with Crippen LogP contribution in [-0.4, -0.2) is 63.0 Å². The molecule has 4 aromatic rings. The maximum absolute atomic E-state index is 10.1. The van der Waals surface area contributed by atoms with Crippen LogP contribution in [-0.2, 0) is 0 Å². The number of fused-ring (bicyclic) bond motifs is 1. The van der Waals surface area contributed by atoms with Crippen LogP contribution in [0.5, 0.6) is 17.4 Å². The smallest absolute Gasteiger partial charge is 0.213 e. The van der Waals surface area contributed by atoms with Crippen molar-refractivity contribution >= 4 is 11.5 Å². The minimum absolute atomic E-state index is 0.130. The molecule has 1 saturated heterocycles. The quantitative estimate of drug-likeness (QED) is 0.365. The molecule has 6 rings (SSSR count). The van der Waals surface area contributed by atoms with Crippen molar-refractivity contribution < 1.29 is 19.3 Å². The van der Waals surface area contributed by atoms with Crippen LogP contribution in [0, 0.1) is 16.7 Å². The Hall–Kier alpha value is -4.36. The summed E-state index contributed by atoms with van der Waals surface area (Å²) in [5.74, 6) is 2.83. The first-order chi connectivity index (χ1) is 18.7. The third-order valence-electron chi connectivity index (χ3n) is 7.25. The standard InChI is InChI=1S/C29H30N6O4/c1-28(2,36)18-38-22-8-24(35-20(12-30)14-32-26(35)9-22)19-4-6-25(31-13-19)34-16-29(17-34)10-23(11-29)39-21-5-7-27(37-3)33-15-21/h4-9,13-15,23,36H,10-11,16-18H2,1-3H3. The molecule has 2 aliphatic rings. The fraction of sp³-hybridized carbons (Fsp3) is 0.379. The van der Waals surface area contributed by atoms with Gasteiger partial charge >= 0.3 is 0 Å². The number of aromatic nitrogens is 4. The van der Waals surface area contributed by atoms with Gasteiger partial charge in [-0.1, -0.05) is 0 Å². The molecular formula is C29H30N6O4. The summed E-state index contributed by atoms with van der Waals surface area (Å²) < 4.78 is 18.8. The number of anilines is 1. The molecule has 0 atom stereocenters. The van der Waals surface area contributed by atoms with E-state index in [0.717, 1.165) is 48.8 Å². The third kappa shape index (κ3) is 4.93. The van der Waals surface area contributed by atoms with Crippen molar-refractivity contribution in [1.29, 1.82) is 5.26 Å². The normalized spacial score (nSPS) is 16.4. The number of imidazole rings is 1. The maximum atomic E-state index is 10.1. The van der Waals surface area contributed by atoms with Crippen molar-refractivity contribution in [1.82, 2.24) is 19.4 Å². The Morgan fingerprint density at radius 2 is 1.87 bits per heavy atom. The van der Waals surface area contributed by atoms with Crippen molar-refractivity contribution in [3.63, 3.8) is 0 Å². The Morgan fingerprint density at radius 3 is 2.51 bits per heavy atom. The summed E-state index contributed by atoms with van der Waals surface area (Å²) in [5, 5.41) is 19.7. The van der Waals surface area contributed by atoms with Gasteiger partial charge in [0.1, 0.15) is 47.4 Å². The molecule has 10 nitrogen and oxygen atoms in total. The van der Waals surface area contributed by atoms with Crippen LogP contribution in [0.2, 0.25) is 0 Å². The summed E-state index contributed by atoms with van der Waals surface area (Å²) in [5.41, 5.74) is 1.91. The van der Waals surface area contributed by atoms with E-state index in [4.69, 9.17) is 19.2 Å². The van der Waals surface area contributed by atoms with Gasteiger partial charge < -0.3 is 24.2 Å². The van der Waals surface area contributed by atoms with E-state index in [1.54, 1.807) is 43.8 Å². The predicted octanol–water partition coefficient (Wildman–Crippen LogP) is 3.87. The highest BCUT2D eigenvalue weighted by molar-refractivity contribution is 5.68. The lowest BCUT2D eigenvalue weighted by molar-refractivity contribution is -0.0344. The van der Waals surface area contributed by atoms with Crippen LogP contribution in [0.4, 0.5) is 5.82 Å². The van der Waals surface area contributed by atoms with Crippen LogP contribution in [0.15, 0.2) is 55.0 Å². The Labute approximate surface area is 226 Å². The molecule has 1 aliphatic heterocycles. The molecule has 1 N–H and O–H groups in total. The zero-order valence-corrected chi connectivity index (χ0v) is 22.2. The number of ether oxygens (including phenoxy) is 3. The number of nitriles is 1. The first-order valence-electron chi connectivity index (χ1n) is 12.9. The van der Waals surface area contributed by atoms with E-state index in [-0.39, 0.29) is 18.1 Å². The number of aliphatic hydroxyl groups is 1. The molecule has 1 aliphatic carbocycles. The zero-order valence-electron chi connectivity index (χ0n) is 22.2. The molecule has 10 heteroatoms. The van der Waals surface area contributed by atoms with Crippen molar-refractivity contribution in [3.8, 4) is 34.7 Å². The van der Waals surface area contributed by atoms with Gasteiger partial charge in [0.25, 0.3) is 0 Å². The van der Waals surface area contributed by atoms with Gasteiger partial charge in [0.2, 0.25) is 5.88 Å². The molecule has 0 bridgehead atoms. The SMILES string of the molecule is COc1ccc(OC2CC3(C2)CN(c2ccc(-c4cc(OCC(C)(C)O)cc5ncc(C#N)n45)cn2)C3)cn1. The number of hydrogen-bond donors (Lipinski definition) is 1.